The lowest BCUT2D eigenvalue weighted by molar-refractivity contribution is 0.0691. The van der Waals surface area contributed by atoms with Crippen molar-refractivity contribution in [1.82, 2.24) is 0 Å². The Morgan fingerprint density at radius 1 is 1.00 bits per heavy atom. The predicted octanol–water partition coefficient (Wildman–Crippen LogP) is 3.93. The second-order valence-electron chi connectivity index (χ2n) is 4.44. The molecule has 0 aliphatic rings. The molecule has 0 atom stereocenters. The standard InChI is InChI=1S/C15H20O3/c1-2-3-4-5-6-11-14(16)12-9-7-8-10-13(12)15(17)18/h7-10H,2-6,11H2,1H3,(H,17,18). The molecule has 3 nitrogen and oxygen atoms in total. The highest BCUT2D eigenvalue weighted by Gasteiger charge is 2.14. The van der Waals surface area contributed by atoms with Crippen LogP contribution in [-0.2, 0) is 0 Å². The van der Waals surface area contributed by atoms with E-state index in [0.717, 1.165) is 19.3 Å². The van der Waals surface area contributed by atoms with E-state index in [0.29, 0.717) is 12.0 Å². The summed E-state index contributed by atoms with van der Waals surface area (Å²) in [7, 11) is 0. The van der Waals surface area contributed by atoms with E-state index in [2.05, 4.69) is 6.92 Å². The van der Waals surface area contributed by atoms with Gasteiger partial charge in [0.1, 0.15) is 0 Å². The number of Topliss-reactive ketones (excluding diaryl/α,β-unsaturated/α-hetero) is 1. The number of unbranched alkanes of at least 4 members (excludes halogenated alkanes) is 4. The first-order chi connectivity index (χ1) is 8.66. The van der Waals surface area contributed by atoms with Gasteiger partial charge in [-0.1, -0.05) is 50.8 Å². The lowest BCUT2D eigenvalue weighted by Gasteiger charge is -2.04. The number of carboxylic acid groups (broad SMARTS) is 1. The van der Waals surface area contributed by atoms with Crippen LogP contribution in [0.1, 0.15) is 66.2 Å². The van der Waals surface area contributed by atoms with Crippen LogP contribution in [0, 0.1) is 0 Å². The van der Waals surface area contributed by atoms with E-state index in [1.807, 2.05) is 0 Å². The Kier molecular flexibility index (Phi) is 6.12. The molecule has 1 rings (SSSR count). The normalized spacial score (nSPS) is 10.3. The second-order valence-corrected chi connectivity index (χ2v) is 4.44. The summed E-state index contributed by atoms with van der Waals surface area (Å²) in [6.45, 7) is 2.15. The Morgan fingerprint density at radius 2 is 1.61 bits per heavy atom. The molecule has 1 aromatic carbocycles. The molecule has 1 aromatic rings. The number of hydrogen-bond acceptors (Lipinski definition) is 2. The van der Waals surface area contributed by atoms with Crippen molar-refractivity contribution >= 4 is 11.8 Å². The Morgan fingerprint density at radius 3 is 2.22 bits per heavy atom. The van der Waals surface area contributed by atoms with Crippen molar-refractivity contribution in [3.05, 3.63) is 35.4 Å². The first-order valence-corrected chi connectivity index (χ1v) is 6.52. The summed E-state index contributed by atoms with van der Waals surface area (Å²) in [5, 5.41) is 9.00. The maximum absolute atomic E-state index is 11.9. The Balaban J connectivity index is 2.54. The number of aromatic carboxylic acids is 1. The summed E-state index contributed by atoms with van der Waals surface area (Å²) in [4.78, 5) is 22.9. The Bertz CT molecular complexity index is 410. The third kappa shape index (κ3) is 4.32. The van der Waals surface area contributed by atoms with Crippen molar-refractivity contribution in [3.8, 4) is 0 Å². The minimum absolute atomic E-state index is 0.0653. The summed E-state index contributed by atoms with van der Waals surface area (Å²) in [5.74, 6) is -1.10. The maximum atomic E-state index is 11.9. The number of ketones is 1. The van der Waals surface area contributed by atoms with E-state index in [-0.39, 0.29) is 11.3 Å². The van der Waals surface area contributed by atoms with Gasteiger partial charge in [0, 0.05) is 12.0 Å². The van der Waals surface area contributed by atoms with Gasteiger partial charge in [-0.3, -0.25) is 4.79 Å². The van der Waals surface area contributed by atoms with Gasteiger partial charge in [-0.25, -0.2) is 4.79 Å². The van der Waals surface area contributed by atoms with E-state index < -0.39 is 5.97 Å². The van der Waals surface area contributed by atoms with E-state index in [9.17, 15) is 9.59 Å². The van der Waals surface area contributed by atoms with Crippen LogP contribution in [-0.4, -0.2) is 16.9 Å². The van der Waals surface area contributed by atoms with Crippen molar-refractivity contribution < 1.29 is 14.7 Å². The topological polar surface area (TPSA) is 54.4 Å². The molecule has 0 radical (unpaired) electrons. The van der Waals surface area contributed by atoms with E-state index in [4.69, 9.17) is 5.11 Å². The molecular formula is C15H20O3. The fourth-order valence-electron chi connectivity index (χ4n) is 1.94. The molecular weight excluding hydrogens is 228 g/mol. The fraction of sp³-hybridized carbons (Fsp3) is 0.467. The zero-order chi connectivity index (χ0) is 13.4. The molecule has 98 valence electrons. The number of rotatable bonds is 8. The van der Waals surface area contributed by atoms with E-state index in [1.165, 1.54) is 18.9 Å². The molecule has 0 fully saturated rings. The lowest BCUT2D eigenvalue weighted by atomic mass is 9.99. The molecule has 0 aliphatic carbocycles. The third-order valence-corrected chi connectivity index (χ3v) is 2.97. The third-order valence-electron chi connectivity index (χ3n) is 2.97. The van der Waals surface area contributed by atoms with Crippen LogP contribution in [0.4, 0.5) is 0 Å². The molecule has 0 aromatic heterocycles. The summed E-state index contributed by atoms with van der Waals surface area (Å²) in [6, 6.07) is 6.42. The van der Waals surface area contributed by atoms with Gasteiger partial charge < -0.3 is 5.11 Å². The number of benzene rings is 1. The van der Waals surface area contributed by atoms with Crippen LogP contribution in [0.3, 0.4) is 0 Å². The number of hydrogen-bond donors (Lipinski definition) is 1. The van der Waals surface area contributed by atoms with Gasteiger partial charge in [0.15, 0.2) is 5.78 Å². The van der Waals surface area contributed by atoms with Crippen molar-refractivity contribution in [3.63, 3.8) is 0 Å². The van der Waals surface area contributed by atoms with Crippen LogP contribution in [0.5, 0.6) is 0 Å². The molecule has 0 aliphatic heterocycles. The Labute approximate surface area is 108 Å². The quantitative estimate of drug-likeness (QED) is 0.560. The molecule has 3 heteroatoms. The van der Waals surface area contributed by atoms with Gasteiger partial charge in [-0.05, 0) is 12.5 Å². The van der Waals surface area contributed by atoms with Crippen LogP contribution >= 0.6 is 0 Å². The first-order valence-electron chi connectivity index (χ1n) is 6.52. The molecule has 18 heavy (non-hydrogen) atoms. The first kappa shape index (κ1) is 14.4. The fourth-order valence-corrected chi connectivity index (χ4v) is 1.94. The van der Waals surface area contributed by atoms with Gasteiger partial charge in [0.25, 0.3) is 0 Å². The molecule has 0 saturated heterocycles. The van der Waals surface area contributed by atoms with Crippen molar-refractivity contribution in [2.45, 2.75) is 45.4 Å². The highest BCUT2D eigenvalue weighted by Crippen LogP contribution is 2.14. The number of carbonyl (C=O) groups excluding carboxylic acids is 1. The maximum Gasteiger partial charge on any atom is 0.336 e. The van der Waals surface area contributed by atoms with Crippen molar-refractivity contribution in [2.24, 2.45) is 0 Å². The minimum Gasteiger partial charge on any atom is -0.478 e. The van der Waals surface area contributed by atoms with Gasteiger partial charge in [0.05, 0.1) is 5.56 Å². The monoisotopic (exact) mass is 248 g/mol. The largest absolute Gasteiger partial charge is 0.478 e. The summed E-state index contributed by atoms with van der Waals surface area (Å²) in [6.07, 6.45) is 5.83. The van der Waals surface area contributed by atoms with Gasteiger partial charge in [-0.15, -0.1) is 0 Å². The summed E-state index contributed by atoms with van der Waals surface area (Å²) < 4.78 is 0. The van der Waals surface area contributed by atoms with E-state index in [1.54, 1.807) is 18.2 Å². The van der Waals surface area contributed by atoms with Crippen molar-refractivity contribution in [2.75, 3.05) is 0 Å². The number of carbonyl (C=O) groups is 2. The SMILES string of the molecule is CCCCCCCC(=O)c1ccccc1C(=O)O. The van der Waals surface area contributed by atoms with Crippen LogP contribution in [0.2, 0.25) is 0 Å². The smallest absolute Gasteiger partial charge is 0.336 e. The molecule has 0 amide bonds. The molecule has 1 N–H and O–H groups in total. The molecule has 0 unspecified atom stereocenters. The average molecular weight is 248 g/mol. The molecule has 0 saturated carbocycles. The predicted molar refractivity (Wildman–Crippen MR) is 71.1 cm³/mol. The average Bonchev–Trinajstić information content (AvgIpc) is 2.38. The Hall–Kier alpha value is -1.64. The van der Waals surface area contributed by atoms with E-state index >= 15 is 0 Å². The van der Waals surface area contributed by atoms with Crippen LogP contribution in [0.25, 0.3) is 0 Å². The van der Waals surface area contributed by atoms with Crippen LogP contribution in [0.15, 0.2) is 24.3 Å². The zero-order valence-electron chi connectivity index (χ0n) is 10.8. The minimum atomic E-state index is -1.04. The molecule has 0 bridgehead atoms. The molecule has 0 spiro atoms. The van der Waals surface area contributed by atoms with Crippen molar-refractivity contribution in [1.29, 1.82) is 0 Å². The molecule has 0 heterocycles. The van der Waals surface area contributed by atoms with Crippen LogP contribution < -0.4 is 0 Å². The highest BCUT2D eigenvalue weighted by atomic mass is 16.4. The van der Waals surface area contributed by atoms with Gasteiger partial charge >= 0.3 is 5.97 Å². The highest BCUT2D eigenvalue weighted by molar-refractivity contribution is 6.05. The summed E-state index contributed by atoms with van der Waals surface area (Å²) in [5.41, 5.74) is 0.441. The van der Waals surface area contributed by atoms with Gasteiger partial charge in [-0.2, -0.15) is 0 Å². The number of carboxylic acids is 1. The zero-order valence-corrected chi connectivity index (χ0v) is 10.8. The lowest BCUT2D eigenvalue weighted by Crippen LogP contribution is -2.08. The second kappa shape index (κ2) is 7.64. The van der Waals surface area contributed by atoms with Gasteiger partial charge in [0.2, 0.25) is 0 Å². The summed E-state index contributed by atoms with van der Waals surface area (Å²) >= 11 is 0.